The number of carboxylic acids is 1. The molecule has 2 aromatic carbocycles. The van der Waals surface area contributed by atoms with Crippen LogP contribution in [-0.4, -0.2) is 53.6 Å². The molecule has 0 saturated carbocycles. The van der Waals surface area contributed by atoms with E-state index >= 15 is 0 Å². The minimum atomic E-state index is -0.663. The van der Waals surface area contributed by atoms with E-state index in [1.807, 2.05) is 12.1 Å². The van der Waals surface area contributed by atoms with Crippen molar-refractivity contribution in [2.24, 2.45) is 5.92 Å². The highest BCUT2D eigenvalue weighted by atomic mass is 16.6. The summed E-state index contributed by atoms with van der Waals surface area (Å²) in [5, 5.41) is 19.9. The normalized spacial score (nSPS) is 15.0. The zero-order chi connectivity index (χ0) is 22.2. The number of hydrogen-bond acceptors (Lipinski definition) is 5. The first-order valence-corrected chi connectivity index (χ1v) is 11.0. The van der Waals surface area contributed by atoms with Crippen LogP contribution in [0.15, 0.2) is 48.5 Å². The Morgan fingerprint density at radius 1 is 1.06 bits per heavy atom. The van der Waals surface area contributed by atoms with E-state index in [9.17, 15) is 14.9 Å². The predicted octanol–water partition coefficient (Wildman–Crippen LogP) is 4.00. The Morgan fingerprint density at radius 2 is 1.61 bits per heavy atom. The van der Waals surface area contributed by atoms with E-state index in [0.29, 0.717) is 0 Å². The van der Waals surface area contributed by atoms with Gasteiger partial charge in [-0.15, -0.1) is 0 Å². The fourth-order valence-electron chi connectivity index (χ4n) is 4.08. The van der Waals surface area contributed by atoms with Crippen LogP contribution in [0.1, 0.15) is 30.9 Å². The van der Waals surface area contributed by atoms with Crippen LogP contribution in [0, 0.1) is 16.0 Å². The first kappa shape index (κ1) is 22.7. The Kier molecular flexibility index (Phi) is 8.00. The summed E-state index contributed by atoms with van der Waals surface area (Å²) in [6.45, 7) is 6.66. The van der Waals surface area contributed by atoms with Crippen LogP contribution in [0.4, 0.5) is 11.4 Å². The fourth-order valence-corrected chi connectivity index (χ4v) is 4.08. The average molecular weight is 426 g/mol. The van der Waals surface area contributed by atoms with Crippen molar-refractivity contribution in [3.8, 4) is 0 Å². The monoisotopic (exact) mass is 425 g/mol. The van der Waals surface area contributed by atoms with Crippen LogP contribution in [0.25, 0.3) is 0 Å². The van der Waals surface area contributed by atoms with Gasteiger partial charge in [0.2, 0.25) is 0 Å². The number of nitro groups is 1. The number of carboxylic acid groups (broad SMARTS) is 1. The molecule has 1 aliphatic rings. The van der Waals surface area contributed by atoms with Crippen molar-refractivity contribution >= 4 is 17.3 Å². The van der Waals surface area contributed by atoms with E-state index in [-0.39, 0.29) is 16.5 Å². The van der Waals surface area contributed by atoms with Crippen molar-refractivity contribution < 1.29 is 14.8 Å². The Hall–Kier alpha value is -2.93. The lowest BCUT2D eigenvalue weighted by atomic mass is 9.97. The van der Waals surface area contributed by atoms with Crippen molar-refractivity contribution in [1.82, 2.24) is 4.90 Å². The van der Waals surface area contributed by atoms with Crippen molar-refractivity contribution in [2.75, 3.05) is 37.6 Å². The molecule has 1 N–H and O–H groups in total. The number of hydrogen-bond donors (Lipinski definition) is 1. The van der Waals surface area contributed by atoms with Crippen LogP contribution in [0.2, 0.25) is 0 Å². The second kappa shape index (κ2) is 10.9. The summed E-state index contributed by atoms with van der Waals surface area (Å²) in [5.74, 6) is -0.847. The van der Waals surface area contributed by atoms with Crippen LogP contribution >= 0.6 is 0 Å². The number of benzene rings is 2. The van der Waals surface area contributed by atoms with Gasteiger partial charge in [-0.3, -0.25) is 14.9 Å². The van der Waals surface area contributed by atoms with E-state index in [0.717, 1.165) is 64.0 Å². The number of carbonyl (C=O) groups is 1. The molecule has 0 atom stereocenters. The third-order valence-electron chi connectivity index (χ3n) is 6.16. The molecule has 0 unspecified atom stereocenters. The van der Waals surface area contributed by atoms with Gasteiger partial charge in [0.25, 0.3) is 5.69 Å². The zero-order valence-electron chi connectivity index (χ0n) is 18.1. The van der Waals surface area contributed by atoms with Crippen molar-refractivity contribution in [2.45, 2.75) is 32.6 Å². The van der Waals surface area contributed by atoms with E-state index in [1.165, 1.54) is 11.3 Å². The highest BCUT2D eigenvalue weighted by Crippen LogP contribution is 2.20. The topological polar surface area (TPSA) is 86.9 Å². The summed E-state index contributed by atoms with van der Waals surface area (Å²) in [6.07, 6.45) is 3.22. The number of nitrogens with zero attached hydrogens (tertiary/aromatic N) is 3. The third kappa shape index (κ3) is 6.52. The molecule has 1 heterocycles. The first-order valence-electron chi connectivity index (χ1n) is 11.0. The van der Waals surface area contributed by atoms with Crippen LogP contribution in [0.5, 0.6) is 0 Å². The summed E-state index contributed by atoms with van der Waals surface area (Å²) in [6, 6.07) is 15.4. The predicted molar refractivity (Wildman–Crippen MR) is 122 cm³/mol. The number of aliphatic carboxylic acids is 1. The Balaban J connectivity index is 1.47. The van der Waals surface area contributed by atoms with E-state index in [4.69, 9.17) is 5.11 Å². The van der Waals surface area contributed by atoms with Gasteiger partial charge in [0, 0.05) is 37.5 Å². The fraction of sp³-hybridized carbons (Fsp3) is 0.458. The maximum atomic E-state index is 11.1. The van der Waals surface area contributed by atoms with Crippen LogP contribution in [0.3, 0.4) is 0 Å². The summed E-state index contributed by atoms with van der Waals surface area (Å²) >= 11 is 0. The molecular formula is C24H31N3O4. The number of non-ortho nitro benzene ring substituents is 1. The summed E-state index contributed by atoms with van der Waals surface area (Å²) in [7, 11) is 0. The summed E-state index contributed by atoms with van der Waals surface area (Å²) < 4.78 is 0. The highest BCUT2D eigenvalue weighted by molar-refractivity contribution is 5.70. The van der Waals surface area contributed by atoms with E-state index in [2.05, 4.69) is 41.0 Å². The lowest BCUT2D eigenvalue weighted by molar-refractivity contribution is -0.384. The van der Waals surface area contributed by atoms with Crippen molar-refractivity contribution in [3.05, 3.63) is 69.8 Å². The molecule has 3 rings (SSSR count). The molecule has 0 bridgehead atoms. The van der Waals surface area contributed by atoms with E-state index in [1.54, 1.807) is 12.1 Å². The van der Waals surface area contributed by atoms with Gasteiger partial charge < -0.3 is 14.9 Å². The number of nitro benzene ring substituents is 1. The zero-order valence-corrected chi connectivity index (χ0v) is 18.1. The molecule has 0 aromatic heterocycles. The lowest BCUT2D eigenvalue weighted by Gasteiger charge is -2.32. The molecule has 0 radical (unpaired) electrons. The van der Waals surface area contributed by atoms with Gasteiger partial charge in [-0.05, 0) is 69.0 Å². The van der Waals surface area contributed by atoms with Gasteiger partial charge in [0.05, 0.1) is 10.8 Å². The van der Waals surface area contributed by atoms with Gasteiger partial charge in [-0.1, -0.05) is 24.3 Å². The minimum Gasteiger partial charge on any atom is -0.481 e. The maximum absolute atomic E-state index is 11.1. The summed E-state index contributed by atoms with van der Waals surface area (Å²) in [5.41, 5.74) is 3.66. The quantitative estimate of drug-likeness (QED) is 0.457. The molecular weight excluding hydrogens is 394 g/mol. The van der Waals surface area contributed by atoms with Gasteiger partial charge in [0.1, 0.15) is 0 Å². The molecule has 7 heteroatoms. The second-order valence-corrected chi connectivity index (χ2v) is 8.12. The smallest absolute Gasteiger partial charge is 0.306 e. The molecule has 0 spiro atoms. The molecule has 1 saturated heterocycles. The van der Waals surface area contributed by atoms with Gasteiger partial charge in [0.15, 0.2) is 0 Å². The molecule has 166 valence electrons. The number of likely N-dealkylation sites (N-methyl/N-ethyl adjacent to an activating group) is 1. The standard InChI is InChI=1S/C24H31N3O4/c1-2-26(18-17-25-15-13-21(14-16-25)24(28)29)22-9-5-19(6-10-22)3-4-20-7-11-23(12-8-20)27(30)31/h5-12,21H,2-4,13-18H2,1H3,(H,28,29). The molecule has 0 amide bonds. The molecule has 31 heavy (non-hydrogen) atoms. The number of rotatable bonds is 10. The van der Waals surface area contributed by atoms with Gasteiger partial charge in [-0.25, -0.2) is 0 Å². The first-order chi connectivity index (χ1) is 15.0. The Morgan fingerprint density at radius 3 is 2.10 bits per heavy atom. The van der Waals surface area contributed by atoms with Crippen LogP contribution in [-0.2, 0) is 17.6 Å². The van der Waals surface area contributed by atoms with Gasteiger partial charge in [-0.2, -0.15) is 0 Å². The Bertz CT molecular complexity index is 859. The molecule has 0 aliphatic carbocycles. The number of anilines is 1. The molecule has 1 aliphatic heterocycles. The number of likely N-dealkylation sites (tertiary alicyclic amines) is 1. The van der Waals surface area contributed by atoms with Crippen LogP contribution < -0.4 is 4.90 Å². The maximum Gasteiger partial charge on any atom is 0.306 e. The molecule has 7 nitrogen and oxygen atoms in total. The van der Waals surface area contributed by atoms with Gasteiger partial charge >= 0.3 is 5.97 Å². The second-order valence-electron chi connectivity index (χ2n) is 8.12. The average Bonchev–Trinajstić information content (AvgIpc) is 2.79. The largest absolute Gasteiger partial charge is 0.481 e. The minimum absolute atomic E-state index is 0.124. The molecule has 2 aromatic rings. The van der Waals surface area contributed by atoms with Crippen molar-refractivity contribution in [1.29, 1.82) is 0 Å². The van der Waals surface area contributed by atoms with E-state index < -0.39 is 5.97 Å². The lowest BCUT2D eigenvalue weighted by Crippen LogP contribution is -2.41. The third-order valence-corrected chi connectivity index (χ3v) is 6.16. The molecule has 1 fully saturated rings. The number of aryl methyl sites for hydroxylation is 2. The number of piperidine rings is 1. The SMILES string of the molecule is CCN(CCN1CCC(C(=O)O)CC1)c1ccc(CCc2ccc([N+](=O)[O-])cc2)cc1. The summed E-state index contributed by atoms with van der Waals surface area (Å²) in [4.78, 5) is 26.2. The van der Waals surface area contributed by atoms with Crippen molar-refractivity contribution in [3.63, 3.8) is 0 Å². The highest BCUT2D eigenvalue weighted by Gasteiger charge is 2.24. The Labute approximate surface area is 183 Å².